The average molecular weight is 366 g/mol. The van der Waals surface area contributed by atoms with Crippen molar-refractivity contribution in [2.45, 2.75) is 13.5 Å². The summed E-state index contributed by atoms with van der Waals surface area (Å²) in [6.45, 7) is 1.84. The number of carbonyl (C=O) groups excluding carboxylic acids is 1. The molecule has 0 saturated heterocycles. The summed E-state index contributed by atoms with van der Waals surface area (Å²) in [5.74, 6) is -1.67. The first-order chi connectivity index (χ1) is 12.9. The molecule has 5 N–H and O–H groups in total. The van der Waals surface area contributed by atoms with Gasteiger partial charge >= 0.3 is 5.97 Å². The van der Waals surface area contributed by atoms with Crippen LogP contribution in [-0.2, 0) is 6.54 Å². The maximum atomic E-state index is 14.4. The number of imidazole rings is 1. The molecule has 0 fully saturated rings. The first-order valence-corrected chi connectivity index (χ1v) is 8.16. The third-order valence-corrected chi connectivity index (χ3v) is 4.59. The zero-order valence-corrected chi connectivity index (χ0v) is 14.3. The highest BCUT2D eigenvalue weighted by Crippen LogP contribution is 2.36. The van der Waals surface area contributed by atoms with Crippen molar-refractivity contribution in [1.29, 1.82) is 0 Å². The minimum Gasteiger partial charge on any atom is -0.476 e. The molecule has 1 amide bonds. The first kappa shape index (κ1) is 16.8. The van der Waals surface area contributed by atoms with Crippen LogP contribution in [0.5, 0.6) is 0 Å². The van der Waals surface area contributed by atoms with Crippen LogP contribution in [0.2, 0.25) is 0 Å². The number of nitrogens with zero attached hydrogens (tertiary/aromatic N) is 1. The van der Waals surface area contributed by atoms with E-state index in [1.165, 1.54) is 6.07 Å². The largest absolute Gasteiger partial charge is 0.476 e. The van der Waals surface area contributed by atoms with Gasteiger partial charge < -0.3 is 21.1 Å². The summed E-state index contributed by atoms with van der Waals surface area (Å²) in [6, 6.07) is 7.73. The number of carboxylic acid groups (broad SMARTS) is 1. The lowest BCUT2D eigenvalue weighted by molar-refractivity contribution is 0.0690. The van der Waals surface area contributed by atoms with Gasteiger partial charge in [-0.3, -0.25) is 4.79 Å². The predicted octanol–water partition coefficient (Wildman–Crippen LogP) is 2.72. The summed E-state index contributed by atoms with van der Waals surface area (Å²) in [5.41, 5.74) is 8.58. The number of nitrogens with one attached hydrogen (secondary N) is 2. The Bertz CT molecular complexity index is 1120. The third kappa shape index (κ3) is 2.62. The quantitative estimate of drug-likeness (QED) is 0.531. The van der Waals surface area contributed by atoms with E-state index >= 15 is 0 Å². The van der Waals surface area contributed by atoms with Gasteiger partial charge in [-0.2, -0.15) is 0 Å². The van der Waals surface area contributed by atoms with Gasteiger partial charge in [0.05, 0.1) is 5.56 Å². The molecule has 2 heterocycles. The molecule has 8 heteroatoms. The van der Waals surface area contributed by atoms with Crippen molar-refractivity contribution in [3.63, 3.8) is 0 Å². The third-order valence-electron chi connectivity index (χ3n) is 4.59. The molecule has 0 bridgehead atoms. The van der Waals surface area contributed by atoms with Crippen LogP contribution < -0.4 is 11.1 Å². The molecule has 7 nitrogen and oxygen atoms in total. The minimum atomic E-state index is -1.16. The molecule has 0 radical (unpaired) electrons. The van der Waals surface area contributed by atoms with Gasteiger partial charge in [0, 0.05) is 29.1 Å². The van der Waals surface area contributed by atoms with E-state index in [1.54, 1.807) is 31.2 Å². The number of nitrogen functional groups attached to an aromatic ring is 1. The highest BCUT2D eigenvalue weighted by molar-refractivity contribution is 6.06. The molecule has 0 atom stereocenters. The summed E-state index contributed by atoms with van der Waals surface area (Å²) in [4.78, 5) is 30.7. The summed E-state index contributed by atoms with van der Waals surface area (Å²) in [5, 5.41) is 11.9. The van der Waals surface area contributed by atoms with Crippen LogP contribution >= 0.6 is 0 Å². The lowest BCUT2D eigenvalue weighted by atomic mass is 9.92. The number of carbonyl (C=O) groups is 2. The van der Waals surface area contributed by atoms with Gasteiger partial charge in [0.15, 0.2) is 5.69 Å². The van der Waals surface area contributed by atoms with E-state index in [4.69, 9.17) is 5.73 Å². The number of carboxylic acids is 1. The van der Waals surface area contributed by atoms with Crippen LogP contribution in [-0.4, -0.2) is 27.0 Å². The van der Waals surface area contributed by atoms with E-state index in [-0.39, 0.29) is 24.0 Å². The van der Waals surface area contributed by atoms with Crippen LogP contribution in [0.3, 0.4) is 0 Å². The standard InChI is InChI=1S/C19H15FN4O3/c1-8-16(19(26)27)24-17(23-8)12-5-4-10(13-7-22-18(25)15(12)13)11-3-2-9(21)6-14(11)20/h2-6H,7,21H2,1H3,(H,22,25)(H,23,24)(H,26,27). The van der Waals surface area contributed by atoms with Crippen LogP contribution in [0.15, 0.2) is 30.3 Å². The van der Waals surface area contributed by atoms with E-state index in [1.807, 2.05) is 0 Å². The van der Waals surface area contributed by atoms with Gasteiger partial charge in [-0.25, -0.2) is 14.2 Å². The number of aromatic nitrogens is 2. The van der Waals surface area contributed by atoms with E-state index < -0.39 is 11.8 Å². The van der Waals surface area contributed by atoms with Crippen LogP contribution in [0.4, 0.5) is 10.1 Å². The van der Waals surface area contributed by atoms with E-state index in [0.29, 0.717) is 39.2 Å². The monoisotopic (exact) mass is 366 g/mol. The number of aromatic carboxylic acids is 1. The average Bonchev–Trinajstić information content (AvgIpc) is 3.18. The fourth-order valence-corrected chi connectivity index (χ4v) is 3.34. The van der Waals surface area contributed by atoms with Gasteiger partial charge in [0.1, 0.15) is 11.6 Å². The fourth-order valence-electron chi connectivity index (χ4n) is 3.34. The van der Waals surface area contributed by atoms with Crippen molar-refractivity contribution in [3.05, 3.63) is 58.7 Å². The molecule has 3 aromatic rings. The summed E-state index contributed by atoms with van der Waals surface area (Å²) < 4.78 is 14.4. The second kappa shape index (κ2) is 5.94. The molecule has 0 unspecified atom stereocenters. The second-order valence-electron chi connectivity index (χ2n) is 6.30. The Labute approximate surface area is 153 Å². The lowest BCUT2D eigenvalue weighted by Gasteiger charge is -2.11. The molecule has 1 aliphatic heterocycles. The molecule has 2 aromatic carbocycles. The van der Waals surface area contributed by atoms with Crippen molar-refractivity contribution < 1.29 is 19.1 Å². The fraction of sp³-hybridized carbons (Fsp3) is 0.105. The maximum Gasteiger partial charge on any atom is 0.356 e. The van der Waals surface area contributed by atoms with Gasteiger partial charge in [-0.1, -0.05) is 6.07 Å². The van der Waals surface area contributed by atoms with E-state index in [2.05, 4.69) is 15.3 Å². The number of aromatic amines is 1. The first-order valence-electron chi connectivity index (χ1n) is 8.16. The van der Waals surface area contributed by atoms with Crippen LogP contribution in [0.1, 0.15) is 32.1 Å². The number of nitrogens with two attached hydrogens (primary N) is 1. The van der Waals surface area contributed by atoms with E-state index in [0.717, 1.165) is 0 Å². The van der Waals surface area contributed by atoms with Crippen LogP contribution in [0.25, 0.3) is 22.5 Å². The van der Waals surface area contributed by atoms with Crippen molar-refractivity contribution in [2.75, 3.05) is 5.73 Å². The predicted molar refractivity (Wildman–Crippen MR) is 96.7 cm³/mol. The summed E-state index contributed by atoms with van der Waals surface area (Å²) >= 11 is 0. The number of aryl methyl sites for hydroxylation is 1. The number of halogens is 1. The number of anilines is 1. The molecular formula is C19H15FN4O3. The topological polar surface area (TPSA) is 121 Å². The Morgan fingerprint density at radius 3 is 2.59 bits per heavy atom. The molecule has 1 aliphatic rings. The minimum absolute atomic E-state index is 0.106. The number of H-pyrrole nitrogens is 1. The number of rotatable bonds is 3. The smallest absolute Gasteiger partial charge is 0.356 e. The van der Waals surface area contributed by atoms with Gasteiger partial charge in [-0.05, 0) is 42.3 Å². The van der Waals surface area contributed by atoms with Crippen molar-refractivity contribution in [1.82, 2.24) is 15.3 Å². The molecule has 1 aromatic heterocycles. The highest BCUT2D eigenvalue weighted by atomic mass is 19.1. The molecule has 27 heavy (non-hydrogen) atoms. The SMILES string of the molecule is Cc1[nH]c(-c2ccc(-c3ccc(N)cc3F)c3c2C(=O)NC3)nc1C(=O)O. The van der Waals surface area contributed by atoms with Crippen LogP contribution in [0, 0.1) is 12.7 Å². The molecule has 0 spiro atoms. The van der Waals surface area contributed by atoms with Gasteiger partial charge in [0.25, 0.3) is 5.91 Å². The zero-order valence-electron chi connectivity index (χ0n) is 14.3. The second-order valence-corrected chi connectivity index (χ2v) is 6.30. The lowest BCUT2D eigenvalue weighted by Crippen LogP contribution is -2.13. The Morgan fingerprint density at radius 1 is 1.22 bits per heavy atom. The number of amides is 1. The number of hydrogen-bond acceptors (Lipinski definition) is 4. The Balaban J connectivity index is 1.92. The molecule has 136 valence electrons. The van der Waals surface area contributed by atoms with E-state index in [9.17, 15) is 19.1 Å². The molecular weight excluding hydrogens is 351 g/mol. The summed E-state index contributed by atoms with van der Waals surface area (Å²) in [6.07, 6.45) is 0. The Kier molecular flexibility index (Phi) is 3.69. The highest BCUT2D eigenvalue weighted by Gasteiger charge is 2.29. The number of fused-ring (bicyclic) bond motifs is 1. The Hall–Kier alpha value is -3.68. The number of hydrogen-bond donors (Lipinski definition) is 4. The normalized spacial score (nSPS) is 12.7. The van der Waals surface area contributed by atoms with Crippen molar-refractivity contribution in [2.24, 2.45) is 0 Å². The molecule has 0 aliphatic carbocycles. The molecule has 4 rings (SSSR count). The summed E-state index contributed by atoms with van der Waals surface area (Å²) in [7, 11) is 0. The molecule has 0 saturated carbocycles. The Morgan fingerprint density at radius 2 is 1.93 bits per heavy atom. The van der Waals surface area contributed by atoms with Crippen molar-refractivity contribution in [3.8, 4) is 22.5 Å². The maximum absolute atomic E-state index is 14.4. The number of benzene rings is 2. The van der Waals surface area contributed by atoms with Gasteiger partial charge in [-0.15, -0.1) is 0 Å². The van der Waals surface area contributed by atoms with Gasteiger partial charge in [0.2, 0.25) is 0 Å². The zero-order chi connectivity index (χ0) is 19.3. The van der Waals surface area contributed by atoms with Crippen molar-refractivity contribution >= 4 is 17.6 Å².